The van der Waals surface area contributed by atoms with Crippen molar-refractivity contribution in [2.24, 2.45) is 5.92 Å². The Labute approximate surface area is 153 Å². The lowest BCUT2D eigenvalue weighted by Crippen LogP contribution is -2.29. The predicted molar refractivity (Wildman–Crippen MR) is 93.9 cm³/mol. The lowest BCUT2D eigenvalue weighted by Gasteiger charge is -2.14. The zero-order valence-corrected chi connectivity index (χ0v) is 15.6. The number of halogens is 1. The van der Waals surface area contributed by atoms with Gasteiger partial charge < -0.3 is 18.9 Å². The standard InChI is InChI=1S/C18H25ClO6/c1-4-23-17(20)15(18(21)24-5-2)8-9-22-10-11-25-14-6-7-16(19)13(3)12-14/h6-7,12,15H,4-5,8-11H2,1-3H3. The molecule has 0 spiro atoms. The second-order valence-electron chi connectivity index (χ2n) is 5.22. The van der Waals surface area contributed by atoms with Gasteiger partial charge in [0.2, 0.25) is 0 Å². The van der Waals surface area contributed by atoms with Crippen LogP contribution in [0.3, 0.4) is 0 Å². The van der Waals surface area contributed by atoms with Crippen LogP contribution in [-0.4, -0.2) is 45.0 Å². The van der Waals surface area contributed by atoms with E-state index in [1.807, 2.05) is 13.0 Å². The van der Waals surface area contributed by atoms with Gasteiger partial charge in [-0.05, 0) is 51.0 Å². The highest BCUT2D eigenvalue weighted by Gasteiger charge is 2.29. The summed E-state index contributed by atoms with van der Waals surface area (Å²) in [7, 11) is 0. The first kappa shape index (κ1) is 21.3. The smallest absolute Gasteiger partial charge is 0.320 e. The summed E-state index contributed by atoms with van der Waals surface area (Å²) in [5.74, 6) is -1.42. The monoisotopic (exact) mass is 372 g/mol. The maximum Gasteiger partial charge on any atom is 0.320 e. The first-order chi connectivity index (χ1) is 12.0. The lowest BCUT2D eigenvalue weighted by atomic mass is 10.1. The van der Waals surface area contributed by atoms with Gasteiger partial charge in [0.1, 0.15) is 12.4 Å². The Bertz CT molecular complexity index is 542. The van der Waals surface area contributed by atoms with Crippen LogP contribution < -0.4 is 4.74 Å². The highest BCUT2D eigenvalue weighted by atomic mass is 35.5. The number of benzene rings is 1. The molecule has 0 aliphatic rings. The highest BCUT2D eigenvalue weighted by molar-refractivity contribution is 6.31. The molecule has 140 valence electrons. The molecule has 7 heteroatoms. The van der Waals surface area contributed by atoms with Crippen LogP contribution in [0.1, 0.15) is 25.8 Å². The van der Waals surface area contributed by atoms with E-state index in [1.165, 1.54) is 0 Å². The number of carbonyl (C=O) groups is 2. The number of aryl methyl sites for hydroxylation is 1. The van der Waals surface area contributed by atoms with Crippen molar-refractivity contribution < 1.29 is 28.5 Å². The molecule has 0 amide bonds. The molecule has 0 N–H and O–H groups in total. The van der Waals surface area contributed by atoms with E-state index in [9.17, 15) is 9.59 Å². The fourth-order valence-corrected chi connectivity index (χ4v) is 2.16. The largest absolute Gasteiger partial charge is 0.491 e. The lowest BCUT2D eigenvalue weighted by molar-refractivity contribution is -0.162. The molecule has 0 aliphatic heterocycles. The Balaban J connectivity index is 2.31. The SMILES string of the molecule is CCOC(=O)C(CCOCCOc1ccc(Cl)c(C)c1)C(=O)OCC. The Morgan fingerprint density at radius 3 is 2.24 bits per heavy atom. The number of hydrogen-bond acceptors (Lipinski definition) is 6. The average molecular weight is 373 g/mol. The highest BCUT2D eigenvalue weighted by Crippen LogP contribution is 2.20. The number of carbonyl (C=O) groups excluding carboxylic acids is 2. The average Bonchev–Trinajstić information content (AvgIpc) is 2.57. The molecular weight excluding hydrogens is 348 g/mol. The van der Waals surface area contributed by atoms with Gasteiger partial charge in [-0.25, -0.2) is 0 Å². The van der Waals surface area contributed by atoms with Crippen molar-refractivity contribution in [3.05, 3.63) is 28.8 Å². The number of ether oxygens (including phenoxy) is 4. The molecule has 0 bridgehead atoms. The van der Waals surface area contributed by atoms with Crippen LogP contribution in [-0.2, 0) is 23.8 Å². The van der Waals surface area contributed by atoms with E-state index in [0.717, 1.165) is 5.56 Å². The molecule has 0 atom stereocenters. The van der Waals surface area contributed by atoms with Gasteiger partial charge in [0.25, 0.3) is 0 Å². The Morgan fingerprint density at radius 1 is 1.04 bits per heavy atom. The molecule has 0 heterocycles. The van der Waals surface area contributed by atoms with Crippen molar-refractivity contribution in [3.8, 4) is 5.75 Å². The zero-order chi connectivity index (χ0) is 18.7. The van der Waals surface area contributed by atoms with Gasteiger partial charge >= 0.3 is 11.9 Å². The third-order valence-electron chi connectivity index (χ3n) is 3.32. The minimum Gasteiger partial charge on any atom is -0.491 e. The van der Waals surface area contributed by atoms with E-state index in [2.05, 4.69) is 0 Å². The molecule has 0 aromatic heterocycles. The van der Waals surface area contributed by atoms with Crippen LogP contribution in [0.25, 0.3) is 0 Å². The van der Waals surface area contributed by atoms with Gasteiger partial charge in [-0.15, -0.1) is 0 Å². The minimum atomic E-state index is -0.959. The van der Waals surface area contributed by atoms with Crippen LogP contribution in [0.2, 0.25) is 5.02 Å². The molecule has 0 fully saturated rings. The maximum atomic E-state index is 11.8. The molecule has 1 aromatic carbocycles. The molecule has 1 rings (SSSR count). The third-order valence-corrected chi connectivity index (χ3v) is 3.74. The molecule has 0 saturated carbocycles. The molecular formula is C18H25ClO6. The molecule has 6 nitrogen and oxygen atoms in total. The van der Waals surface area contributed by atoms with Gasteiger partial charge in [-0.2, -0.15) is 0 Å². The van der Waals surface area contributed by atoms with E-state index >= 15 is 0 Å². The van der Waals surface area contributed by atoms with Crippen molar-refractivity contribution >= 4 is 23.5 Å². The summed E-state index contributed by atoms with van der Waals surface area (Å²) in [5.41, 5.74) is 0.937. The third kappa shape index (κ3) is 7.75. The first-order valence-corrected chi connectivity index (χ1v) is 8.67. The van der Waals surface area contributed by atoms with Gasteiger partial charge in [-0.1, -0.05) is 11.6 Å². The summed E-state index contributed by atoms with van der Waals surface area (Å²) in [6, 6.07) is 5.41. The summed E-state index contributed by atoms with van der Waals surface area (Å²) in [6.07, 6.45) is 0.206. The Morgan fingerprint density at radius 2 is 1.68 bits per heavy atom. The van der Waals surface area contributed by atoms with Crippen LogP contribution in [0.4, 0.5) is 0 Å². The maximum absolute atomic E-state index is 11.8. The van der Waals surface area contributed by atoms with Crippen LogP contribution in [0, 0.1) is 12.8 Å². The Kier molecular flexibility index (Phi) is 9.96. The van der Waals surface area contributed by atoms with Crippen molar-refractivity contribution in [1.82, 2.24) is 0 Å². The Hall–Kier alpha value is -1.79. The number of rotatable bonds is 11. The number of esters is 2. The molecule has 0 saturated heterocycles. The predicted octanol–water partition coefficient (Wildman–Crippen LogP) is 3.18. The second-order valence-corrected chi connectivity index (χ2v) is 5.62. The fourth-order valence-electron chi connectivity index (χ4n) is 2.05. The molecule has 0 unspecified atom stereocenters. The molecule has 0 radical (unpaired) electrons. The summed E-state index contributed by atoms with van der Waals surface area (Å²) in [4.78, 5) is 23.6. The van der Waals surface area contributed by atoms with Gasteiger partial charge in [0, 0.05) is 11.6 Å². The molecule has 0 aliphatic carbocycles. The van der Waals surface area contributed by atoms with Crippen LogP contribution >= 0.6 is 11.6 Å². The normalized spacial score (nSPS) is 10.6. The van der Waals surface area contributed by atoms with Gasteiger partial charge in [-0.3, -0.25) is 9.59 Å². The van der Waals surface area contributed by atoms with E-state index in [0.29, 0.717) is 24.0 Å². The summed E-state index contributed by atoms with van der Waals surface area (Å²) in [6.45, 7) is 6.61. The molecule has 25 heavy (non-hydrogen) atoms. The topological polar surface area (TPSA) is 71.1 Å². The van der Waals surface area contributed by atoms with E-state index in [-0.39, 0.29) is 26.2 Å². The van der Waals surface area contributed by atoms with Gasteiger partial charge in [0.05, 0.1) is 19.8 Å². The second kappa shape index (κ2) is 11.7. The van der Waals surface area contributed by atoms with Crippen LogP contribution in [0.15, 0.2) is 18.2 Å². The van der Waals surface area contributed by atoms with Crippen molar-refractivity contribution in [1.29, 1.82) is 0 Å². The minimum absolute atomic E-state index is 0.206. The van der Waals surface area contributed by atoms with Crippen LogP contribution in [0.5, 0.6) is 5.75 Å². The van der Waals surface area contributed by atoms with E-state index in [1.54, 1.807) is 26.0 Å². The fraction of sp³-hybridized carbons (Fsp3) is 0.556. The van der Waals surface area contributed by atoms with Crippen molar-refractivity contribution in [2.45, 2.75) is 27.2 Å². The van der Waals surface area contributed by atoms with E-state index in [4.69, 9.17) is 30.5 Å². The van der Waals surface area contributed by atoms with Crippen molar-refractivity contribution in [3.63, 3.8) is 0 Å². The summed E-state index contributed by atoms with van der Waals surface area (Å²) >= 11 is 5.95. The summed E-state index contributed by atoms with van der Waals surface area (Å²) < 4.78 is 20.8. The summed E-state index contributed by atoms with van der Waals surface area (Å²) in [5, 5.41) is 0.688. The van der Waals surface area contributed by atoms with E-state index < -0.39 is 17.9 Å². The van der Waals surface area contributed by atoms with Gasteiger partial charge in [0.15, 0.2) is 5.92 Å². The first-order valence-electron chi connectivity index (χ1n) is 8.29. The quantitative estimate of drug-likeness (QED) is 0.337. The van der Waals surface area contributed by atoms with Crippen molar-refractivity contribution in [2.75, 3.05) is 33.0 Å². The molecule has 1 aromatic rings. The number of hydrogen-bond donors (Lipinski definition) is 0. The zero-order valence-electron chi connectivity index (χ0n) is 14.9.